The van der Waals surface area contributed by atoms with Crippen molar-refractivity contribution in [2.24, 2.45) is 0 Å². The van der Waals surface area contributed by atoms with Crippen LogP contribution in [0.2, 0.25) is 0 Å². The first-order valence-electron chi connectivity index (χ1n) is 7.89. The van der Waals surface area contributed by atoms with Gasteiger partial charge in [0.1, 0.15) is 0 Å². The van der Waals surface area contributed by atoms with Crippen LogP contribution in [0.25, 0.3) is 0 Å². The highest BCUT2D eigenvalue weighted by Gasteiger charge is 2.13. The largest absolute Gasteiger partial charge is 0.350 e. The van der Waals surface area contributed by atoms with Crippen LogP contribution in [-0.4, -0.2) is 24.4 Å². The van der Waals surface area contributed by atoms with E-state index in [9.17, 15) is 9.59 Å². The van der Waals surface area contributed by atoms with E-state index in [2.05, 4.69) is 42.5 Å². The maximum Gasteiger partial charge on any atom is 0.251 e. The first kappa shape index (κ1) is 19.7. The molecule has 132 valence electrons. The number of hydrogen-bond acceptors (Lipinski definition) is 2. The zero-order chi connectivity index (χ0) is 18.6. The zero-order valence-electron chi connectivity index (χ0n) is 14.3. The summed E-state index contributed by atoms with van der Waals surface area (Å²) in [5.41, 5.74) is 3.30. The van der Waals surface area contributed by atoms with Crippen LogP contribution < -0.4 is 10.6 Å². The van der Waals surface area contributed by atoms with Gasteiger partial charge in [-0.1, -0.05) is 44.0 Å². The molecule has 0 aliphatic heterocycles. The Labute approximate surface area is 164 Å². The van der Waals surface area contributed by atoms with Gasteiger partial charge >= 0.3 is 0 Å². The molecule has 0 bridgehead atoms. The smallest absolute Gasteiger partial charge is 0.251 e. The van der Waals surface area contributed by atoms with Gasteiger partial charge in [0.15, 0.2) is 0 Å². The van der Waals surface area contributed by atoms with E-state index in [0.29, 0.717) is 17.7 Å². The van der Waals surface area contributed by atoms with Crippen LogP contribution in [0.3, 0.4) is 0 Å². The zero-order valence-corrected chi connectivity index (χ0v) is 17.5. The second-order valence-corrected chi connectivity index (χ2v) is 7.72. The fraction of sp³-hybridized carbons (Fsp3) is 0.263. The van der Waals surface area contributed by atoms with Crippen molar-refractivity contribution in [1.29, 1.82) is 0 Å². The predicted molar refractivity (Wildman–Crippen MR) is 107 cm³/mol. The Morgan fingerprint density at radius 3 is 1.88 bits per heavy atom. The van der Waals surface area contributed by atoms with Crippen LogP contribution >= 0.6 is 31.9 Å². The first-order valence-corrected chi connectivity index (χ1v) is 9.48. The molecule has 0 aromatic heterocycles. The van der Waals surface area contributed by atoms with E-state index in [-0.39, 0.29) is 17.9 Å². The molecule has 2 aromatic rings. The SMILES string of the molecule is Cc1ccc(C(=O)NC[C@@H](C)NC(=O)c2ccc(C)c(Br)c2)cc1Br. The number of rotatable bonds is 5. The highest BCUT2D eigenvalue weighted by atomic mass is 79.9. The summed E-state index contributed by atoms with van der Waals surface area (Å²) in [7, 11) is 0. The van der Waals surface area contributed by atoms with Crippen molar-refractivity contribution in [3.05, 3.63) is 67.6 Å². The maximum absolute atomic E-state index is 12.3. The van der Waals surface area contributed by atoms with E-state index in [1.54, 1.807) is 24.3 Å². The Morgan fingerprint density at radius 1 is 0.920 bits per heavy atom. The van der Waals surface area contributed by atoms with Crippen molar-refractivity contribution < 1.29 is 9.59 Å². The maximum atomic E-state index is 12.3. The average molecular weight is 468 g/mol. The monoisotopic (exact) mass is 466 g/mol. The fourth-order valence-electron chi connectivity index (χ4n) is 2.17. The minimum absolute atomic E-state index is 0.166. The van der Waals surface area contributed by atoms with Crippen LogP contribution in [0.1, 0.15) is 38.8 Å². The molecular formula is C19H20Br2N2O2. The summed E-state index contributed by atoms with van der Waals surface area (Å²) in [5.74, 6) is -0.333. The van der Waals surface area contributed by atoms with Gasteiger partial charge in [0.05, 0.1) is 0 Å². The molecule has 0 saturated heterocycles. The van der Waals surface area contributed by atoms with Crippen LogP contribution in [0, 0.1) is 13.8 Å². The Balaban J connectivity index is 1.90. The molecule has 2 rings (SSSR count). The van der Waals surface area contributed by atoms with Crippen LogP contribution in [0.5, 0.6) is 0 Å². The molecule has 0 heterocycles. The van der Waals surface area contributed by atoms with Crippen molar-refractivity contribution in [3.8, 4) is 0 Å². The predicted octanol–water partition coefficient (Wildman–Crippen LogP) is 4.38. The topological polar surface area (TPSA) is 58.2 Å². The first-order chi connectivity index (χ1) is 11.8. The van der Waals surface area contributed by atoms with Gasteiger partial charge in [-0.3, -0.25) is 9.59 Å². The summed E-state index contributed by atoms with van der Waals surface area (Å²) in [6.07, 6.45) is 0. The van der Waals surface area contributed by atoms with Gasteiger partial charge in [-0.15, -0.1) is 0 Å². The van der Waals surface area contributed by atoms with E-state index in [1.165, 1.54) is 0 Å². The van der Waals surface area contributed by atoms with Crippen molar-refractivity contribution in [3.63, 3.8) is 0 Å². The molecule has 2 amide bonds. The van der Waals surface area contributed by atoms with Gasteiger partial charge in [-0.2, -0.15) is 0 Å². The molecule has 0 radical (unpaired) electrons. The number of carbonyl (C=O) groups excluding carboxylic acids is 2. The summed E-state index contributed by atoms with van der Waals surface area (Å²) in [5, 5.41) is 5.73. The lowest BCUT2D eigenvalue weighted by Crippen LogP contribution is -2.41. The molecule has 25 heavy (non-hydrogen) atoms. The van der Waals surface area contributed by atoms with Gasteiger partial charge in [-0.25, -0.2) is 0 Å². The van der Waals surface area contributed by atoms with Gasteiger partial charge in [0.25, 0.3) is 11.8 Å². The number of aryl methyl sites for hydroxylation is 2. The van der Waals surface area contributed by atoms with E-state index in [0.717, 1.165) is 20.1 Å². The quantitative estimate of drug-likeness (QED) is 0.685. The second kappa shape index (κ2) is 8.63. The third kappa shape index (κ3) is 5.41. The molecule has 0 spiro atoms. The number of amides is 2. The summed E-state index contributed by atoms with van der Waals surface area (Å²) >= 11 is 6.85. The van der Waals surface area contributed by atoms with E-state index in [1.807, 2.05) is 32.9 Å². The standard InChI is InChI=1S/C19H20Br2N2O2/c1-11-4-6-14(8-16(11)20)18(24)22-10-13(3)23-19(25)15-7-5-12(2)17(21)9-15/h4-9,13H,10H2,1-3H3,(H,22,24)(H,23,25)/t13-/m1/s1. The second-order valence-electron chi connectivity index (χ2n) is 6.01. The Kier molecular flexibility index (Phi) is 6.79. The summed E-state index contributed by atoms with van der Waals surface area (Å²) in [6.45, 7) is 6.13. The lowest BCUT2D eigenvalue weighted by molar-refractivity contribution is 0.0912. The number of halogens is 2. The van der Waals surface area contributed by atoms with Crippen LogP contribution in [0.15, 0.2) is 45.3 Å². The molecule has 1 atom stereocenters. The van der Waals surface area contributed by atoms with Gasteiger partial charge in [0.2, 0.25) is 0 Å². The number of hydrogen-bond donors (Lipinski definition) is 2. The molecule has 6 heteroatoms. The summed E-state index contributed by atoms with van der Waals surface area (Å²) in [6, 6.07) is 10.7. The van der Waals surface area contributed by atoms with Crippen molar-refractivity contribution in [2.45, 2.75) is 26.8 Å². The highest BCUT2D eigenvalue weighted by Crippen LogP contribution is 2.18. The molecule has 0 saturated carbocycles. The van der Waals surface area contributed by atoms with E-state index >= 15 is 0 Å². The number of carbonyl (C=O) groups is 2. The molecule has 2 aromatic carbocycles. The molecule has 0 aliphatic carbocycles. The Hall–Kier alpha value is -1.66. The normalized spacial score (nSPS) is 11.7. The summed E-state index contributed by atoms with van der Waals surface area (Å²) in [4.78, 5) is 24.5. The average Bonchev–Trinajstić information content (AvgIpc) is 2.57. The van der Waals surface area contributed by atoms with Gasteiger partial charge in [-0.05, 0) is 56.2 Å². The molecule has 0 aliphatic rings. The van der Waals surface area contributed by atoms with Gasteiger partial charge in [0, 0.05) is 32.7 Å². The number of benzene rings is 2. The minimum Gasteiger partial charge on any atom is -0.350 e. The van der Waals surface area contributed by atoms with Crippen LogP contribution in [-0.2, 0) is 0 Å². The third-order valence-corrected chi connectivity index (χ3v) is 5.52. The molecule has 2 N–H and O–H groups in total. The van der Waals surface area contributed by atoms with Crippen molar-refractivity contribution in [2.75, 3.05) is 6.54 Å². The minimum atomic E-state index is -0.189. The highest BCUT2D eigenvalue weighted by molar-refractivity contribution is 9.10. The fourth-order valence-corrected chi connectivity index (χ4v) is 2.93. The lowest BCUT2D eigenvalue weighted by atomic mass is 10.1. The lowest BCUT2D eigenvalue weighted by Gasteiger charge is -2.15. The van der Waals surface area contributed by atoms with Crippen LogP contribution in [0.4, 0.5) is 0 Å². The van der Waals surface area contributed by atoms with E-state index in [4.69, 9.17) is 0 Å². The summed E-state index contributed by atoms with van der Waals surface area (Å²) < 4.78 is 1.79. The Bertz CT molecular complexity index is 806. The van der Waals surface area contributed by atoms with Crippen molar-refractivity contribution >= 4 is 43.7 Å². The van der Waals surface area contributed by atoms with Crippen molar-refractivity contribution in [1.82, 2.24) is 10.6 Å². The van der Waals surface area contributed by atoms with E-state index < -0.39 is 0 Å². The number of nitrogens with one attached hydrogen (secondary N) is 2. The Morgan fingerprint density at radius 2 is 1.40 bits per heavy atom. The molecule has 0 unspecified atom stereocenters. The van der Waals surface area contributed by atoms with Gasteiger partial charge < -0.3 is 10.6 Å². The third-order valence-electron chi connectivity index (χ3n) is 3.81. The molecule has 4 nitrogen and oxygen atoms in total. The molecule has 0 fully saturated rings. The molecular weight excluding hydrogens is 448 g/mol.